The first-order valence-electron chi connectivity index (χ1n) is 6.33. The van der Waals surface area contributed by atoms with E-state index in [-0.39, 0.29) is 0 Å². The highest BCUT2D eigenvalue weighted by atomic mass is 15.1. The van der Waals surface area contributed by atoms with E-state index in [1.54, 1.807) is 0 Å². The van der Waals surface area contributed by atoms with Gasteiger partial charge in [-0.25, -0.2) is 4.98 Å². The van der Waals surface area contributed by atoms with Crippen molar-refractivity contribution in [2.75, 3.05) is 6.54 Å². The van der Waals surface area contributed by atoms with Crippen LogP contribution in [0.15, 0.2) is 6.33 Å². The Morgan fingerprint density at radius 2 is 2.19 bits per heavy atom. The Morgan fingerprint density at radius 1 is 1.44 bits per heavy atom. The molecule has 0 amide bonds. The smallest absolute Gasteiger partial charge is 0.0954 e. The number of nitrogens with one attached hydrogen (secondary N) is 1. The maximum Gasteiger partial charge on any atom is 0.0954 e. The van der Waals surface area contributed by atoms with E-state index >= 15 is 0 Å². The van der Waals surface area contributed by atoms with Gasteiger partial charge in [0.1, 0.15) is 0 Å². The van der Waals surface area contributed by atoms with E-state index in [9.17, 15) is 0 Å². The van der Waals surface area contributed by atoms with Gasteiger partial charge in [-0.15, -0.1) is 0 Å². The molecule has 3 heteroatoms. The van der Waals surface area contributed by atoms with Gasteiger partial charge in [0.2, 0.25) is 0 Å². The van der Waals surface area contributed by atoms with Crippen LogP contribution >= 0.6 is 0 Å². The first-order chi connectivity index (χ1) is 7.59. The minimum absolute atomic E-state index is 0.590. The van der Waals surface area contributed by atoms with Gasteiger partial charge in [-0.05, 0) is 32.6 Å². The van der Waals surface area contributed by atoms with E-state index in [4.69, 9.17) is 0 Å². The quantitative estimate of drug-likeness (QED) is 0.846. The zero-order chi connectivity index (χ0) is 11.7. The molecule has 16 heavy (non-hydrogen) atoms. The molecular formula is C13H23N3. The molecule has 2 unspecified atom stereocenters. The van der Waals surface area contributed by atoms with Gasteiger partial charge in [-0.1, -0.05) is 13.8 Å². The van der Waals surface area contributed by atoms with Crippen molar-refractivity contribution in [3.63, 3.8) is 0 Å². The average molecular weight is 221 g/mol. The summed E-state index contributed by atoms with van der Waals surface area (Å²) in [5.41, 5.74) is 2.50. The van der Waals surface area contributed by atoms with Crippen molar-refractivity contribution in [2.24, 2.45) is 5.92 Å². The molecule has 0 aliphatic heterocycles. The van der Waals surface area contributed by atoms with Gasteiger partial charge in [-0.2, -0.15) is 0 Å². The molecule has 1 heterocycles. The summed E-state index contributed by atoms with van der Waals surface area (Å²) < 4.78 is 2.37. The maximum atomic E-state index is 4.39. The minimum atomic E-state index is 0.590. The number of hydrogen-bond donors (Lipinski definition) is 1. The molecule has 90 valence electrons. The van der Waals surface area contributed by atoms with Crippen LogP contribution in [0.25, 0.3) is 0 Å². The van der Waals surface area contributed by atoms with Crippen LogP contribution in [0, 0.1) is 19.8 Å². The summed E-state index contributed by atoms with van der Waals surface area (Å²) in [5, 5.41) is 3.54. The molecule has 0 radical (unpaired) electrons. The lowest BCUT2D eigenvalue weighted by molar-refractivity contribution is 0.172. The summed E-state index contributed by atoms with van der Waals surface area (Å²) in [6.45, 7) is 9.82. The van der Waals surface area contributed by atoms with Crippen molar-refractivity contribution in [1.29, 1.82) is 0 Å². The van der Waals surface area contributed by atoms with E-state index < -0.39 is 0 Å². The van der Waals surface area contributed by atoms with Crippen LogP contribution in [0.4, 0.5) is 0 Å². The van der Waals surface area contributed by atoms with E-state index in [1.807, 2.05) is 6.33 Å². The molecular weight excluding hydrogens is 198 g/mol. The van der Waals surface area contributed by atoms with Crippen LogP contribution < -0.4 is 5.32 Å². The zero-order valence-electron chi connectivity index (χ0n) is 10.8. The number of hydrogen-bond acceptors (Lipinski definition) is 2. The third-order valence-corrected chi connectivity index (χ3v) is 3.81. The fourth-order valence-electron chi connectivity index (χ4n) is 2.39. The van der Waals surface area contributed by atoms with Crippen molar-refractivity contribution >= 4 is 0 Å². The van der Waals surface area contributed by atoms with Crippen molar-refractivity contribution in [3.8, 4) is 0 Å². The average Bonchev–Trinajstić information content (AvgIpc) is 2.48. The van der Waals surface area contributed by atoms with Gasteiger partial charge in [-0.3, -0.25) is 0 Å². The summed E-state index contributed by atoms with van der Waals surface area (Å²) >= 11 is 0. The molecule has 0 spiro atoms. The Hall–Kier alpha value is -0.830. The zero-order valence-corrected chi connectivity index (χ0v) is 10.8. The van der Waals surface area contributed by atoms with Gasteiger partial charge in [0.25, 0.3) is 0 Å². The number of nitrogens with zero attached hydrogens (tertiary/aromatic N) is 2. The van der Waals surface area contributed by atoms with Crippen LogP contribution in [0.5, 0.6) is 0 Å². The van der Waals surface area contributed by atoms with Gasteiger partial charge in [0.15, 0.2) is 0 Å². The van der Waals surface area contributed by atoms with Crippen LogP contribution in [0.2, 0.25) is 0 Å². The van der Waals surface area contributed by atoms with E-state index in [0.717, 1.165) is 12.5 Å². The highest BCUT2D eigenvalue weighted by molar-refractivity contribution is 5.11. The van der Waals surface area contributed by atoms with Crippen molar-refractivity contribution in [2.45, 2.75) is 52.6 Å². The Kier molecular flexibility index (Phi) is 3.33. The van der Waals surface area contributed by atoms with Crippen LogP contribution in [-0.2, 0) is 0 Å². The molecule has 2 rings (SSSR count). The molecule has 1 aromatic heterocycles. The summed E-state index contributed by atoms with van der Waals surface area (Å²) in [6.07, 6.45) is 4.67. The second-order valence-corrected chi connectivity index (χ2v) is 5.29. The summed E-state index contributed by atoms with van der Waals surface area (Å²) in [7, 11) is 0. The fourth-order valence-corrected chi connectivity index (χ4v) is 2.39. The maximum absolute atomic E-state index is 4.39. The highest BCUT2D eigenvalue weighted by Gasteiger charge is 2.32. The first kappa shape index (κ1) is 11.6. The van der Waals surface area contributed by atoms with Gasteiger partial charge >= 0.3 is 0 Å². The van der Waals surface area contributed by atoms with Gasteiger partial charge in [0.05, 0.1) is 12.0 Å². The first-order valence-corrected chi connectivity index (χ1v) is 6.33. The SMILES string of the molecule is Cc1ncn(C2CCC2CNC(C)C)c1C. The standard InChI is InChI=1S/C13H23N3/c1-9(2)14-7-12-5-6-13(12)16-8-15-10(3)11(16)4/h8-9,12-14H,5-7H2,1-4H3. The second-order valence-electron chi connectivity index (χ2n) is 5.29. The summed E-state index contributed by atoms with van der Waals surface area (Å²) in [4.78, 5) is 4.39. The molecule has 1 aromatic rings. The lowest BCUT2D eigenvalue weighted by atomic mass is 9.79. The summed E-state index contributed by atoms with van der Waals surface area (Å²) in [5.74, 6) is 0.787. The topological polar surface area (TPSA) is 29.9 Å². The largest absolute Gasteiger partial charge is 0.331 e. The van der Waals surface area contributed by atoms with Gasteiger partial charge < -0.3 is 9.88 Å². The summed E-state index contributed by atoms with van der Waals surface area (Å²) in [6, 6.07) is 1.26. The molecule has 1 fully saturated rings. The van der Waals surface area contributed by atoms with Crippen molar-refractivity contribution < 1.29 is 0 Å². The normalized spacial score (nSPS) is 24.8. The lowest BCUT2D eigenvalue weighted by Gasteiger charge is -2.39. The molecule has 1 N–H and O–H groups in total. The van der Waals surface area contributed by atoms with Crippen molar-refractivity contribution in [3.05, 3.63) is 17.7 Å². The third kappa shape index (κ3) is 2.14. The predicted molar refractivity (Wildman–Crippen MR) is 66.6 cm³/mol. The number of aromatic nitrogens is 2. The number of imidazole rings is 1. The fraction of sp³-hybridized carbons (Fsp3) is 0.769. The molecule has 0 bridgehead atoms. The Morgan fingerprint density at radius 3 is 2.62 bits per heavy atom. The van der Waals surface area contributed by atoms with Crippen molar-refractivity contribution in [1.82, 2.24) is 14.9 Å². The Bertz CT molecular complexity index is 354. The van der Waals surface area contributed by atoms with E-state index in [1.165, 1.54) is 24.2 Å². The predicted octanol–water partition coefficient (Wildman–Crippen LogP) is 2.45. The number of rotatable bonds is 4. The lowest BCUT2D eigenvalue weighted by Crippen LogP contribution is -2.39. The molecule has 0 saturated heterocycles. The van der Waals surface area contributed by atoms with E-state index in [0.29, 0.717) is 12.1 Å². The van der Waals surface area contributed by atoms with Crippen LogP contribution in [0.3, 0.4) is 0 Å². The van der Waals surface area contributed by atoms with Crippen LogP contribution in [0.1, 0.15) is 44.1 Å². The molecule has 1 aliphatic rings. The molecule has 0 aromatic carbocycles. The minimum Gasteiger partial charge on any atom is -0.331 e. The molecule has 3 nitrogen and oxygen atoms in total. The van der Waals surface area contributed by atoms with Crippen LogP contribution in [-0.4, -0.2) is 22.1 Å². The van der Waals surface area contributed by atoms with E-state index in [2.05, 4.69) is 42.6 Å². The highest BCUT2D eigenvalue weighted by Crippen LogP contribution is 2.39. The monoisotopic (exact) mass is 221 g/mol. The van der Waals surface area contributed by atoms with Gasteiger partial charge in [0, 0.05) is 24.3 Å². The third-order valence-electron chi connectivity index (χ3n) is 3.81. The second kappa shape index (κ2) is 4.58. The molecule has 1 aliphatic carbocycles. The Labute approximate surface area is 98.3 Å². The molecule has 2 atom stereocenters. The number of aryl methyl sites for hydroxylation is 1. The Balaban J connectivity index is 1.98. The molecule has 1 saturated carbocycles.